The molecule has 3 aromatic rings. The van der Waals surface area contributed by atoms with Crippen molar-refractivity contribution in [3.63, 3.8) is 0 Å². The first kappa shape index (κ1) is 22.1. The average Bonchev–Trinajstić information content (AvgIpc) is 3.51. The first-order valence-electron chi connectivity index (χ1n) is 10.4. The van der Waals surface area contributed by atoms with Crippen LogP contribution in [0, 0.1) is 5.92 Å². The highest BCUT2D eigenvalue weighted by Gasteiger charge is 2.33. The molecule has 0 amide bonds. The van der Waals surface area contributed by atoms with Gasteiger partial charge in [-0.15, -0.1) is 0 Å². The second kappa shape index (κ2) is 8.43. The highest BCUT2D eigenvalue weighted by molar-refractivity contribution is 9.10. The molecule has 5 nitrogen and oxygen atoms in total. The Bertz CT molecular complexity index is 1170. The zero-order valence-corrected chi connectivity index (χ0v) is 20.2. The lowest BCUT2D eigenvalue weighted by atomic mass is 9.97. The van der Waals surface area contributed by atoms with E-state index in [0.29, 0.717) is 11.1 Å². The first-order valence-corrected chi connectivity index (χ1v) is 12.0. The van der Waals surface area contributed by atoms with Gasteiger partial charge in [-0.3, -0.25) is 14.2 Å². The fourth-order valence-electron chi connectivity index (χ4n) is 3.75. The fourth-order valence-corrected chi connectivity index (χ4v) is 5.38. The summed E-state index contributed by atoms with van der Waals surface area (Å²) in [5.74, 6) is -1.13. The molecule has 162 valence electrons. The lowest BCUT2D eigenvalue weighted by Gasteiger charge is -2.24. The fraction of sp³-hybridized carbons (Fsp3) is 0.375. The molecule has 2 aromatic carbocycles. The number of fused-ring (bicyclic) bond motifs is 1. The summed E-state index contributed by atoms with van der Waals surface area (Å²) in [7, 11) is 0. The van der Waals surface area contributed by atoms with Crippen LogP contribution in [0.25, 0.3) is 16.5 Å². The number of halogens is 1. The Kier molecular flexibility index (Phi) is 6.01. The molecule has 1 unspecified atom stereocenters. The van der Waals surface area contributed by atoms with E-state index in [1.54, 1.807) is 13.1 Å². The SMILES string of the molecule is CC(CC(=O)C(C)(C)Sc1ncc(Br)n1-c1ccc(C2CC2)c2ccccc12)C(=O)O. The van der Waals surface area contributed by atoms with Crippen molar-refractivity contribution >= 4 is 50.2 Å². The van der Waals surface area contributed by atoms with Crippen molar-refractivity contribution in [2.45, 2.75) is 55.9 Å². The molecule has 1 saturated carbocycles. The minimum Gasteiger partial charge on any atom is -0.481 e. The number of benzene rings is 2. The first-order chi connectivity index (χ1) is 14.7. The van der Waals surface area contributed by atoms with Gasteiger partial charge in [-0.05, 0) is 65.6 Å². The summed E-state index contributed by atoms with van der Waals surface area (Å²) in [6, 6.07) is 12.8. The van der Waals surface area contributed by atoms with Gasteiger partial charge in [-0.2, -0.15) is 0 Å². The Morgan fingerprint density at radius 3 is 2.55 bits per heavy atom. The smallest absolute Gasteiger partial charge is 0.306 e. The van der Waals surface area contributed by atoms with Gasteiger partial charge < -0.3 is 5.11 Å². The summed E-state index contributed by atoms with van der Waals surface area (Å²) < 4.78 is 2.02. The van der Waals surface area contributed by atoms with Crippen LogP contribution in [0.4, 0.5) is 0 Å². The molecule has 1 atom stereocenters. The number of Topliss-reactive ketones (excluding diaryl/α,β-unsaturated/α-hetero) is 1. The summed E-state index contributed by atoms with van der Waals surface area (Å²) in [5, 5.41) is 12.3. The van der Waals surface area contributed by atoms with Crippen LogP contribution in [0.3, 0.4) is 0 Å². The Morgan fingerprint density at radius 1 is 1.23 bits per heavy atom. The van der Waals surface area contributed by atoms with Crippen LogP contribution in [0.2, 0.25) is 0 Å². The van der Waals surface area contributed by atoms with Crippen molar-refractivity contribution in [2.24, 2.45) is 5.92 Å². The number of hydrogen-bond donors (Lipinski definition) is 1. The van der Waals surface area contributed by atoms with Crippen molar-refractivity contribution in [2.75, 3.05) is 0 Å². The molecule has 1 fully saturated rings. The topological polar surface area (TPSA) is 72.2 Å². The predicted molar refractivity (Wildman–Crippen MR) is 127 cm³/mol. The third-order valence-corrected chi connectivity index (χ3v) is 7.58. The van der Waals surface area contributed by atoms with Crippen molar-refractivity contribution in [3.8, 4) is 5.69 Å². The van der Waals surface area contributed by atoms with Crippen LogP contribution < -0.4 is 0 Å². The quantitative estimate of drug-likeness (QED) is 0.371. The van der Waals surface area contributed by atoms with Crippen LogP contribution in [-0.2, 0) is 9.59 Å². The number of carboxylic acids is 1. The van der Waals surface area contributed by atoms with E-state index in [1.807, 2.05) is 24.5 Å². The number of ketones is 1. The Labute approximate surface area is 194 Å². The molecule has 0 saturated heterocycles. The van der Waals surface area contributed by atoms with E-state index < -0.39 is 16.6 Å². The van der Waals surface area contributed by atoms with Gasteiger partial charge >= 0.3 is 5.97 Å². The predicted octanol–water partition coefficient (Wildman–Crippen LogP) is 6.22. The molecule has 1 aliphatic carbocycles. The minimum absolute atomic E-state index is 0.00374. The molecule has 31 heavy (non-hydrogen) atoms. The van der Waals surface area contributed by atoms with Gasteiger partial charge in [0.1, 0.15) is 10.4 Å². The van der Waals surface area contributed by atoms with Gasteiger partial charge in [0.25, 0.3) is 0 Å². The Morgan fingerprint density at radius 2 is 1.90 bits per heavy atom. The van der Waals surface area contributed by atoms with Crippen LogP contribution in [0.15, 0.2) is 52.4 Å². The molecule has 1 aromatic heterocycles. The summed E-state index contributed by atoms with van der Waals surface area (Å²) in [6.45, 7) is 5.22. The monoisotopic (exact) mass is 500 g/mol. The summed E-state index contributed by atoms with van der Waals surface area (Å²) in [4.78, 5) is 28.6. The number of aromatic nitrogens is 2. The van der Waals surface area contributed by atoms with E-state index in [-0.39, 0.29) is 12.2 Å². The van der Waals surface area contributed by atoms with E-state index >= 15 is 0 Å². The van der Waals surface area contributed by atoms with E-state index in [4.69, 9.17) is 5.11 Å². The molecule has 4 rings (SSSR count). The Balaban J connectivity index is 1.72. The van der Waals surface area contributed by atoms with E-state index in [1.165, 1.54) is 35.6 Å². The highest BCUT2D eigenvalue weighted by atomic mass is 79.9. The number of rotatable bonds is 8. The summed E-state index contributed by atoms with van der Waals surface area (Å²) >= 11 is 4.99. The molecule has 0 bridgehead atoms. The lowest BCUT2D eigenvalue weighted by molar-refractivity contribution is -0.143. The van der Waals surface area contributed by atoms with E-state index in [0.717, 1.165) is 15.7 Å². The number of hydrogen-bond acceptors (Lipinski definition) is 4. The molecule has 0 spiro atoms. The second-order valence-electron chi connectivity index (χ2n) is 8.67. The average molecular weight is 501 g/mol. The third-order valence-electron chi connectivity index (χ3n) is 5.81. The summed E-state index contributed by atoms with van der Waals surface area (Å²) in [5.41, 5.74) is 2.40. The van der Waals surface area contributed by atoms with Crippen molar-refractivity contribution < 1.29 is 14.7 Å². The lowest BCUT2D eigenvalue weighted by Crippen LogP contribution is -2.31. The number of imidazole rings is 1. The maximum absolute atomic E-state index is 12.8. The molecule has 1 aliphatic rings. The maximum Gasteiger partial charge on any atom is 0.306 e. The van der Waals surface area contributed by atoms with Crippen LogP contribution in [0.1, 0.15) is 51.5 Å². The number of nitrogens with zero attached hydrogens (tertiary/aromatic N) is 2. The van der Waals surface area contributed by atoms with Crippen molar-refractivity contribution in [3.05, 3.63) is 52.8 Å². The zero-order valence-electron chi connectivity index (χ0n) is 17.8. The van der Waals surface area contributed by atoms with Gasteiger partial charge in [-0.25, -0.2) is 4.98 Å². The molecule has 7 heteroatoms. The molecule has 1 N–H and O–H groups in total. The number of carbonyl (C=O) groups is 2. The number of thioether (sulfide) groups is 1. The number of carboxylic acid groups (broad SMARTS) is 1. The van der Waals surface area contributed by atoms with Crippen LogP contribution in [-0.4, -0.2) is 31.2 Å². The molecule has 1 heterocycles. The van der Waals surface area contributed by atoms with E-state index in [2.05, 4.69) is 51.2 Å². The standard InChI is InChI=1S/C24H25BrN2O3S/c1-14(22(29)30)12-20(28)24(2,3)31-23-26-13-21(25)27(23)19-11-10-16(15-8-9-15)17-6-4-5-7-18(17)19/h4-7,10-11,13-15H,8-9,12H2,1-3H3,(H,29,30). The number of aliphatic carboxylic acids is 1. The largest absolute Gasteiger partial charge is 0.481 e. The van der Waals surface area contributed by atoms with Gasteiger partial charge in [0, 0.05) is 11.8 Å². The zero-order chi connectivity index (χ0) is 22.3. The highest BCUT2D eigenvalue weighted by Crippen LogP contribution is 2.45. The maximum atomic E-state index is 12.8. The third kappa shape index (κ3) is 4.44. The van der Waals surface area contributed by atoms with E-state index in [9.17, 15) is 9.59 Å². The molecule has 0 aliphatic heterocycles. The van der Waals surface area contributed by atoms with Gasteiger partial charge in [0.2, 0.25) is 0 Å². The van der Waals surface area contributed by atoms with Crippen LogP contribution in [0.5, 0.6) is 0 Å². The normalized spacial score (nSPS) is 15.2. The van der Waals surface area contributed by atoms with Crippen molar-refractivity contribution in [1.29, 1.82) is 0 Å². The Hall–Kier alpha value is -2.12. The van der Waals surface area contributed by atoms with Gasteiger partial charge in [0.05, 0.1) is 22.5 Å². The van der Waals surface area contributed by atoms with Crippen molar-refractivity contribution in [1.82, 2.24) is 9.55 Å². The van der Waals surface area contributed by atoms with Gasteiger partial charge in [0.15, 0.2) is 5.16 Å². The summed E-state index contributed by atoms with van der Waals surface area (Å²) in [6.07, 6.45) is 4.22. The molecular formula is C24H25BrN2O3S. The minimum atomic E-state index is -0.958. The number of carbonyl (C=O) groups excluding carboxylic acids is 1. The second-order valence-corrected chi connectivity index (χ2v) is 11.1. The molecular weight excluding hydrogens is 476 g/mol. The van der Waals surface area contributed by atoms with Gasteiger partial charge in [-0.1, -0.05) is 49.0 Å². The van der Waals surface area contributed by atoms with Crippen LogP contribution >= 0.6 is 27.7 Å². The molecule has 0 radical (unpaired) electrons.